The van der Waals surface area contributed by atoms with Crippen LogP contribution in [0.15, 0.2) is 0 Å². The topological polar surface area (TPSA) is 12.0 Å². The van der Waals surface area contributed by atoms with E-state index in [1.165, 1.54) is 0 Å². The fourth-order valence-electron chi connectivity index (χ4n) is 1.83. The summed E-state index contributed by atoms with van der Waals surface area (Å²) in [6, 6.07) is 0.351. The minimum atomic E-state index is -1.03. The molecule has 2 heteroatoms. The van der Waals surface area contributed by atoms with Crippen molar-refractivity contribution in [1.29, 1.82) is 0 Å². The molecule has 1 fully saturated rings. The monoisotopic (exact) mass is 187 g/mol. The molecule has 78 valence electrons. The molecule has 1 nitrogen and oxygen atoms in total. The molecule has 0 radical (unpaired) electrons. The van der Waals surface area contributed by atoms with Gasteiger partial charge in [-0.2, -0.15) is 0 Å². The van der Waals surface area contributed by atoms with E-state index in [0.29, 0.717) is 24.9 Å². The Morgan fingerprint density at radius 3 is 2.15 bits per heavy atom. The number of rotatable bonds is 1. The van der Waals surface area contributed by atoms with Crippen molar-refractivity contribution in [3.63, 3.8) is 0 Å². The van der Waals surface area contributed by atoms with Crippen molar-refractivity contribution in [3.8, 4) is 0 Å². The molecule has 1 aliphatic rings. The highest BCUT2D eigenvalue weighted by Gasteiger charge is 2.48. The fourth-order valence-corrected chi connectivity index (χ4v) is 1.83. The van der Waals surface area contributed by atoms with Crippen LogP contribution in [0, 0.1) is 11.3 Å². The minimum Gasteiger partial charge on any atom is -0.310 e. The molecule has 2 unspecified atom stereocenters. The lowest BCUT2D eigenvalue weighted by molar-refractivity contribution is 0.0459. The zero-order chi connectivity index (χ0) is 10.3. The lowest BCUT2D eigenvalue weighted by atomic mass is 9.76. The Hall–Kier alpha value is -0.110. The van der Waals surface area contributed by atoms with Crippen molar-refractivity contribution in [3.05, 3.63) is 0 Å². The van der Waals surface area contributed by atoms with Crippen LogP contribution in [0.3, 0.4) is 0 Å². The maximum absolute atomic E-state index is 14.4. The van der Waals surface area contributed by atoms with Crippen molar-refractivity contribution in [2.24, 2.45) is 11.3 Å². The molecular weight excluding hydrogens is 165 g/mol. The van der Waals surface area contributed by atoms with E-state index in [1.807, 2.05) is 20.8 Å². The van der Waals surface area contributed by atoms with Crippen LogP contribution in [0.25, 0.3) is 0 Å². The first-order chi connectivity index (χ1) is 5.76. The molecule has 1 aliphatic heterocycles. The van der Waals surface area contributed by atoms with Crippen molar-refractivity contribution in [1.82, 2.24) is 5.32 Å². The molecule has 13 heavy (non-hydrogen) atoms. The van der Waals surface area contributed by atoms with Gasteiger partial charge in [-0.15, -0.1) is 0 Å². The van der Waals surface area contributed by atoms with E-state index in [4.69, 9.17) is 0 Å². The van der Waals surface area contributed by atoms with Gasteiger partial charge in [-0.1, -0.05) is 34.6 Å². The van der Waals surface area contributed by atoms with Crippen molar-refractivity contribution < 1.29 is 4.39 Å². The van der Waals surface area contributed by atoms with Crippen LogP contribution >= 0.6 is 0 Å². The van der Waals surface area contributed by atoms with Gasteiger partial charge in [-0.3, -0.25) is 0 Å². The maximum atomic E-state index is 14.4. The molecule has 0 aliphatic carbocycles. The summed E-state index contributed by atoms with van der Waals surface area (Å²) in [5.74, 6) is 0.528. The van der Waals surface area contributed by atoms with Crippen molar-refractivity contribution >= 4 is 0 Å². The van der Waals surface area contributed by atoms with E-state index >= 15 is 0 Å². The summed E-state index contributed by atoms with van der Waals surface area (Å²) in [5.41, 5.74) is -1.27. The molecule has 0 spiro atoms. The molecule has 1 saturated heterocycles. The molecule has 1 heterocycles. The second kappa shape index (κ2) is 3.23. The van der Waals surface area contributed by atoms with Crippen LogP contribution in [0.4, 0.5) is 4.39 Å². The summed E-state index contributed by atoms with van der Waals surface area (Å²) in [4.78, 5) is 0. The third-order valence-electron chi connectivity index (χ3n) is 3.34. The van der Waals surface area contributed by atoms with Gasteiger partial charge in [0.05, 0.1) is 0 Å². The molecule has 0 bridgehead atoms. The van der Waals surface area contributed by atoms with Gasteiger partial charge >= 0.3 is 0 Å². The summed E-state index contributed by atoms with van der Waals surface area (Å²) in [6.07, 6.45) is 0.661. The first-order valence-electron chi connectivity index (χ1n) is 5.18. The van der Waals surface area contributed by atoms with E-state index in [2.05, 4.69) is 19.2 Å². The molecule has 0 aromatic heterocycles. The van der Waals surface area contributed by atoms with Crippen molar-refractivity contribution in [2.45, 2.75) is 52.8 Å². The first-order valence-corrected chi connectivity index (χ1v) is 5.18. The second-order valence-corrected chi connectivity index (χ2v) is 5.65. The molecule has 2 atom stereocenters. The number of hydrogen-bond donors (Lipinski definition) is 1. The molecular formula is C11H22FN. The zero-order valence-electron chi connectivity index (χ0n) is 9.45. The van der Waals surface area contributed by atoms with Gasteiger partial charge in [0.15, 0.2) is 0 Å². The number of alkyl halides is 1. The molecule has 0 aromatic rings. The Morgan fingerprint density at radius 2 is 1.92 bits per heavy atom. The smallest absolute Gasteiger partial charge is 0.129 e. The normalized spacial score (nSPS) is 35.8. The predicted molar refractivity (Wildman–Crippen MR) is 54.5 cm³/mol. The Balaban J connectivity index is 2.67. The number of hydrogen-bond acceptors (Lipinski definition) is 1. The highest BCUT2D eigenvalue weighted by atomic mass is 19.1. The lowest BCUT2D eigenvalue weighted by Crippen LogP contribution is -2.40. The molecule has 0 amide bonds. The average molecular weight is 187 g/mol. The van der Waals surface area contributed by atoms with E-state index in [1.54, 1.807) is 0 Å². The zero-order valence-corrected chi connectivity index (χ0v) is 9.45. The minimum absolute atomic E-state index is 0.246. The number of nitrogens with one attached hydrogen (secondary N) is 1. The summed E-state index contributed by atoms with van der Waals surface area (Å²) < 4.78 is 14.4. The fraction of sp³-hybridized carbons (Fsp3) is 1.00. The largest absolute Gasteiger partial charge is 0.310 e. The Morgan fingerprint density at radius 1 is 1.38 bits per heavy atom. The van der Waals surface area contributed by atoms with Gasteiger partial charge in [-0.25, -0.2) is 4.39 Å². The highest BCUT2D eigenvalue weighted by molar-refractivity contribution is 5.02. The van der Waals surface area contributed by atoms with Crippen LogP contribution in [0.1, 0.15) is 41.0 Å². The molecule has 0 saturated carbocycles. The van der Waals surface area contributed by atoms with Crippen LogP contribution in [-0.4, -0.2) is 18.3 Å². The quantitative estimate of drug-likeness (QED) is 0.665. The number of halogens is 1. The SMILES string of the molecule is CC(C)C1CC(F)(C(C)(C)C)CN1. The first kappa shape index (κ1) is 11.0. The van der Waals surface area contributed by atoms with Gasteiger partial charge in [0, 0.05) is 12.6 Å². The third kappa shape index (κ3) is 2.04. The Labute approximate surface area is 81.1 Å². The molecule has 1 N–H and O–H groups in total. The standard InChI is InChI=1S/C11H22FN/c1-8(2)9-6-11(12,7-13-9)10(3,4)5/h8-9,13H,6-7H2,1-5H3. The predicted octanol–water partition coefficient (Wildman–Crippen LogP) is 2.76. The van der Waals surface area contributed by atoms with Crippen LogP contribution in [0.5, 0.6) is 0 Å². The third-order valence-corrected chi connectivity index (χ3v) is 3.34. The van der Waals surface area contributed by atoms with Gasteiger partial charge in [0.2, 0.25) is 0 Å². The molecule has 1 rings (SSSR count). The van der Waals surface area contributed by atoms with Crippen LogP contribution < -0.4 is 5.32 Å². The summed E-state index contributed by atoms with van der Waals surface area (Å²) in [5, 5.41) is 3.28. The van der Waals surface area contributed by atoms with Gasteiger partial charge < -0.3 is 5.32 Å². The Kier molecular flexibility index (Phi) is 2.73. The van der Waals surface area contributed by atoms with E-state index < -0.39 is 5.67 Å². The summed E-state index contributed by atoms with van der Waals surface area (Å²) in [7, 11) is 0. The van der Waals surface area contributed by atoms with E-state index in [-0.39, 0.29) is 5.41 Å². The highest BCUT2D eigenvalue weighted by Crippen LogP contribution is 2.41. The molecule has 0 aromatic carbocycles. The second-order valence-electron chi connectivity index (χ2n) is 5.65. The maximum Gasteiger partial charge on any atom is 0.129 e. The van der Waals surface area contributed by atoms with E-state index in [9.17, 15) is 4.39 Å². The average Bonchev–Trinajstić information content (AvgIpc) is 2.31. The van der Waals surface area contributed by atoms with Gasteiger partial charge in [-0.05, 0) is 17.8 Å². The van der Waals surface area contributed by atoms with Crippen LogP contribution in [0.2, 0.25) is 0 Å². The van der Waals surface area contributed by atoms with E-state index in [0.717, 1.165) is 0 Å². The van der Waals surface area contributed by atoms with Gasteiger partial charge in [0.1, 0.15) is 5.67 Å². The van der Waals surface area contributed by atoms with Gasteiger partial charge in [0.25, 0.3) is 0 Å². The lowest BCUT2D eigenvalue weighted by Gasteiger charge is -2.34. The summed E-state index contributed by atoms with van der Waals surface area (Å²) >= 11 is 0. The summed E-state index contributed by atoms with van der Waals surface area (Å²) in [6.45, 7) is 10.8. The Bertz CT molecular complexity index is 183. The van der Waals surface area contributed by atoms with Crippen molar-refractivity contribution in [2.75, 3.05) is 6.54 Å². The van der Waals surface area contributed by atoms with Crippen LogP contribution in [-0.2, 0) is 0 Å².